The lowest BCUT2D eigenvalue weighted by Crippen LogP contribution is -2.39. The first kappa shape index (κ1) is 13.7. The average Bonchev–Trinajstić information content (AvgIpc) is 3.00. The van der Waals surface area contributed by atoms with E-state index in [9.17, 15) is 0 Å². The van der Waals surface area contributed by atoms with Gasteiger partial charge in [0.25, 0.3) is 0 Å². The van der Waals surface area contributed by atoms with Gasteiger partial charge in [-0.1, -0.05) is 0 Å². The molecule has 1 atom stereocenters. The molecule has 1 unspecified atom stereocenters. The highest BCUT2D eigenvalue weighted by atomic mass is 15.4. The Hall–Kier alpha value is -1.69. The Kier molecular flexibility index (Phi) is 3.25. The first-order valence-corrected chi connectivity index (χ1v) is 9.10. The van der Waals surface area contributed by atoms with Gasteiger partial charge in [0.05, 0.1) is 0 Å². The van der Waals surface area contributed by atoms with Crippen molar-refractivity contribution in [1.82, 2.24) is 24.7 Å². The molecule has 3 fully saturated rings. The molecule has 2 aliphatic heterocycles. The van der Waals surface area contributed by atoms with E-state index in [-0.39, 0.29) is 0 Å². The van der Waals surface area contributed by atoms with Crippen LogP contribution < -0.4 is 4.90 Å². The van der Waals surface area contributed by atoms with Crippen molar-refractivity contribution in [3.63, 3.8) is 0 Å². The molecule has 1 saturated carbocycles. The smallest absolute Gasteiger partial charge is 0.178 e. The minimum absolute atomic E-state index is 0.576. The molecular formula is C17H24N6. The summed E-state index contributed by atoms with van der Waals surface area (Å²) < 4.78 is 1.98. The molecular weight excluding hydrogens is 288 g/mol. The number of hydrogen-bond acceptors (Lipinski definition) is 5. The summed E-state index contributed by atoms with van der Waals surface area (Å²) in [6.07, 6.45) is 7.75. The number of fused-ring (bicyclic) bond motifs is 1. The molecule has 0 aromatic carbocycles. The second kappa shape index (κ2) is 5.44. The predicted molar refractivity (Wildman–Crippen MR) is 88.8 cm³/mol. The SMILES string of the molecule is c1cc2nnc(C3CC3)n2nc1N1CCCC1CN1CCCC1. The Morgan fingerprint density at radius 2 is 1.83 bits per heavy atom. The van der Waals surface area contributed by atoms with Gasteiger partial charge in [0.15, 0.2) is 11.5 Å². The second-order valence-corrected chi connectivity index (χ2v) is 7.29. The zero-order valence-electron chi connectivity index (χ0n) is 13.6. The van der Waals surface area contributed by atoms with E-state index >= 15 is 0 Å². The highest BCUT2D eigenvalue weighted by molar-refractivity contribution is 5.47. The first-order valence-electron chi connectivity index (χ1n) is 9.10. The fourth-order valence-electron chi connectivity index (χ4n) is 4.14. The van der Waals surface area contributed by atoms with Crippen molar-refractivity contribution in [1.29, 1.82) is 0 Å². The fourth-order valence-corrected chi connectivity index (χ4v) is 4.14. The maximum atomic E-state index is 4.90. The van der Waals surface area contributed by atoms with E-state index in [2.05, 4.69) is 32.1 Å². The Morgan fingerprint density at radius 1 is 0.957 bits per heavy atom. The maximum Gasteiger partial charge on any atom is 0.178 e. The van der Waals surface area contributed by atoms with E-state index < -0.39 is 0 Å². The fraction of sp³-hybridized carbons (Fsp3) is 0.706. The molecule has 2 aromatic rings. The van der Waals surface area contributed by atoms with Gasteiger partial charge < -0.3 is 9.80 Å². The van der Waals surface area contributed by atoms with Gasteiger partial charge in [0, 0.05) is 25.0 Å². The summed E-state index contributed by atoms with van der Waals surface area (Å²) in [5, 5.41) is 13.5. The zero-order valence-corrected chi connectivity index (χ0v) is 13.6. The molecule has 4 heterocycles. The molecule has 5 rings (SSSR count). The Labute approximate surface area is 136 Å². The lowest BCUT2D eigenvalue weighted by molar-refractivity contribution is 0.313. The third-order valence-electron chi connectivity index (χ3n) is 5.55. The Balaban J connectivity index is 1.42. The highest BCUT2D eigenvalue weighted by Crippen LogP contribution is 2.39. The van der Waals surface area contributed by atoms with Gasteiger partial charge >= 0.3 is 0 Å². The summed E-state index contributed by atoms with van der Waals surface area (Å²) in [6, 6.07) is 4.81. The summed E-state index contributed by atoms with van der Waals surface area (Å²) >= 11 is 0. The molecule has 6 heteroatoms. The van der Waals surface area contributed by atoms with E-state index in [1.54, 1.807) is 0 Å². The third-order valence-corrected chi connectivity index (χ3v) is 5.55. The van der Waals surface area contributed by atoms with Crippen LogP contribution >= 0.6 is 0 Å². The quantitative estimate of drug-likeness (QED) is 0.865. The van der Waals surface area contributed by atoms with Gasteiger partial charge in [0.1, 0.15) is 5.82 Å². The van der Waals surface area contributed by atoms with Crippen molar-refractivity contribution in [3.05, 3.63) is 18.0 Å². The van der Waals surface area contributed by atoms with E-state index in [0.29, 0.717) is 12.0 Å². The molecule has 23 heavy (non-hydrogen) atoms. The number of aromatic nitrogens is 4. The molecule has 1 aliphatic carbocycles. The van der Waals surface area contributed by atoms with Crippen LogP contribution in [0.25, 0.3) is 5.65 Å². The molecule has 3 aliphatic rings. The van der Waals surface area contributed by atoms with Crippen LogP contribution in [0, 0.1) is 0 Å². The normalized spacial score (nSPS) is 25.7. The van der Waals surface area contributed by atoms with Gasteiger partial charge in [-0.15, -0.1) is 15.3 Å². The summed E-state index contributed by atoms with van der Waals surface area (Å²) in [5.74, 6) is 2.73. The van der Waals surface area contributed by atoms with Crippen LogP contribution in [0.1, 0.15) is 50.3 Å². The minimum Gasteiger partial charge on any atom is -0.351 e. The molecule has 0 amide bonds. The number of rotatable bonds is 4. The number of anilines is 1. The van der Waals surface area contributed by atoms with Gasteiger partial charge in [0.2, 0.25) is 0 Å². The van der Waals surface area contributed by atoms with Gasteiger partial charge in [-0.3, -0.25) is 0 Å². The summed E-state index contributed by atoms with van der Waals surface area (Å²) in [6.45, 7) is 4.86. The van der Waals surface area contributed by atoms with Crippen molar-refractivity contribution in [3.8, 4) is 0 Å². The lowest BCUT2D eigenvalue weighted by atomic mass is 10.2. The Morgan fingerprint density at radius 3 is 2.65 bits per heavy atom. The molecule has 6 nitrogen and oxygen atoms in total. The summed E-state index contributed by atoms with van der Waals surface area (Å²) in [7, 11) is 0. The van der Waals surface area contributed by atoms with E-state index in [1.165, 1.54) is 58.2 Å². The third kappa shape index (κ3) is 2.49. The molecule has 0 spiro atoms. The van der Waals surface area contributed by atoms with Crippen molar-refractivity contribution < 1.29 is 0 Å². The number of likely N-dealkylation sites (tertiary alicyclic amines) is 1. The van der Waals surface area contributed by atoms with E-state index in [1.807, 2.05) is 4.52 Å². The van der Waals surface area contributed by atoms with Crippen LogP contribution in [0.15, 0.2) is 12.1 Å². The van der Waals surface area contributed by atoms with Crippen molar-refractivity contribution in [2.75, 3.05) is 31.1 Å². The molecule has 2 aromatic heterocycles. The largest absolute Gasteiger partial charge is 0.351 e. The van der Waals surface area contributed by atoms with Crippen LogP contribution in [0.5, 0.6) is 0 Å². The molecule has 2 saturated heterocycles. The van der Waals surface area contributed by atoms with Crippen LogP contribution in [-0.2, 0) is 0 Å². The first-order chi connectivity index (χ1) is 11.4. The minimum atomic E-state index is 0.576. The van der Waals surface area contributed by atoms with Gasteiger partial charge in [-0.2, -0.15) is 4.52 Å². The Bertz CT molecular complexity index is 700. The van der Waals surface area contributed by atoms with E-state index in [0.717, 1.165) is 23.8 Å². The lowest BCUT2D eigenvalue weighted by Gasteiger charge is -2.29. The summed E-state index contributed by atoms with van der Waals surface area (Å²) in [5.41, 5.74) is 0.880. The van der Waals surface area contributed by atoms with Crippen LogP contribution in [0.4, 0.5) is 5.82 Å². The molecule has 0 N–H and O–H groups in total. The van der Waals surface area contributed by atoms with Gasteiger partial charge in [-0.25, -0.2) is 0 Å². The van der Waals surface area contributed by atoms with Crippen molar-refractivity contribution in [2.45, 2.75) is 50.5 Å². The molecule has 0 radical (unpaired) electrons. The van der Waals surface area contributed by atoms with Crippen molar-refractivity contribution in [2.24, 2.45) is 0 Å². The standard InChI is InChI=1S/C17H24N6/c1-2-10-21(9-1)12-14-4-3-11-22(14)16-8-7-15-18-19-17(13-5-6-13)23(15)20-16/h7-8,13-14H,1-6,9-12H2. The predicted octanol–water partition coefficient (Wildman–Crippen LogP) is 2.07. The highest BCUT2D eigenvalue weighted by Gasteiger charge is 2.31. The summed E-state index contributed by atoms with van der Waals surface area (Å²) in [4.78, 5) is 5.13. The monoisotopic (exact) mass is 312 g/mol. The van der Waals surface area contributed by atoms with Gasteiger partial charge in [-0.05, 0) is 63.7 Å². The van der Waals surface area contributed by atoms with Crippen LogP contribution in [0.2, 0.25) is 0 Å². The molecule has 122 valence electrons. The van der Waals surface area contributed by atoms with Crippen molar-refractivity contribution >= 4 is 11.5 Å². The van der Waals surface area contributed by atoms with Crippen LogP contribution in [0.3, 0.4) is 0 Å². The molecule has 0 bridgehead atoms. The maximum absolute atomic E-state index is 4.90. The number of nitrogens with zero attached hydrogens (tertiary/aromatic N) is 6. The topological polar surface area (TPSA) is 49.6 Å². The van der Waals surface area contributed by atoms with E-state index in [4.69, 9.17) is 5.10 Å². The average molecular weight is 312 g/mol. The zero-order chi connectivity index (χ0) is 15.2. The second-order valence-electron chi connectivity index (χ2n) is 7.29. The van der Waals surface area contributed by atoms with Crippen LogP contribution in [-0.4, -0.2) is 56.9 Å². The number of hydrogen-bond donors (Lipinski definition) is 0.